The van der Waals surface area contributed by atoms with Crippen LogP contribution in [-0.4, -0.2) is 4.98 Å². The van der Waals surface area contributed by atoms with E-state index < -0.39 is 23.6 Å². The highest BCUT2D eigenvalue weighted by atomic mass is 19.3. The van der Waals surface area contributed by atoms with Crippen molar-refractivity contribution in [2.45, 2.75) is 12.8 Å². The van der Waals surface area contributed by atoms with Crippen LogP contribution in [0.4, 0.5) is 18.9 Å². The highest BCUT2D eigenvalue weighted by molar-refractivity contribution is 5.47. The summed E-state index contributed by atoms with van der Waals surface area (Å²) in [5, 5.41) is 8.28. The van der Waals surface area contributed by atoms with Gasteiger partial charge in [-0.05, 0) is 0 Å². The van der Waals surface area contributed by atoms with Crippen molar-refractivity contribution in [1.29, 1.82) is 5.26 Å². The van der Waals surface area contributed by atoms with E-state index in [2.05, 4.69) is 4.98 Å². The van der Waals surface area contributed by atoms with E-state index in [0.717, 1.165) is 6.20 Å². The van der Waals surface area contributed by atoms with Crippen molar-refractivity contribution in [1.82, 2.24) is 4.98 Å². The number of hydrogen-bond acceptors (Lipinski definition) is 3. The van der Waals surface area contributed by atoms with Crippen LogP contribution in [0.15, 0.2) is 6.20 Å². The van der Waals surface area contributed by atoms with Gasteiger partial charge in [-0.3, -0.25) is 4.98 Å². The maximum atomic E-state index is 13.2. The number of rotatable bonds is 2. The number of pyridine rings is 1. The van der Waals surface area contributed by atoms with Crippen molar-refractivity contribution in [3.05, 3.63) is 23.3 Å². The minimum Gasteiger partial charge on any atom is -0.395 e. The van der Waals surface area contributed by atoms with Crippen LogP contribution in [0.1, 0.15) is 17.7 Å². The van der Waals surface area contributed by atoms with Crippen LogP contribution in [0, 0.1) is 17.1 Å². The molecule has 0 amide bonds. The predicted octanol–water partition coefficient (Wildman–Crippen LogP) is 1.81. The normalized spacial score (nSPS) is 10.2. The third-order valence-electron chi connectivity index (χ3n) is 1.63. The van der Waals surface area contributed by atoms with E-state index in [1.165, 1.54) is 0 Å². The first-order valence-corrected chi connectivity index (χ1v) is 3.65. The molecule has 1 heterocycles. The highest BCUT2D eigenvalue weighted by Crippen LogP contribution is 2.26. The van der Waals surface area contributed by atoms with Gasteiger partial charge in [-0.15, -0.1) is 0 Å². The molecule has 0 aliphatic rings. The summed E-state index contributed by atoms with van der Waals surface area (Å²) in [5.74, 6) is -0.989. The third-order valence-corrected chi connectivity index (χ3v) is 1.63. The van der Waals surface area contributed by atoms with Gasteiger partial charge in [0.1, 0.15) is 5.69 Å². The van der Waals surface area contributed by atoms with Crippen molar-refractivity contribution < 1.29 is 13.2 Å². The first kappa shape index (κ1) is 10.3. The number of nitrogens with zero attached hydrogens (tertiary/aromatic N) is 2. The molecular weight excluding hydrogens is 195 g/mol. The van der Waals surface area contributed by atoms with E-state index in [-0.39, 0.29) is 12.0 Å². The zero-order chi connectivity index (χ0) is 10.7. The summed E-state index contributed by atoms with van der Waals surface area (Å²) in [6, 6.07) is 1.68. The topological polar surface area (TPSA) is 62.7 Å². The molecule has 6 heteroatoms. The zero-order valence-corrected chi connectivity index (χ0v) is 6.97. The fourth-order valence-electron chi connectivity index (χ4n) is 0.941. The lowest BCUT2D eigenvalue weighted by molar-refractivity contribution is 0.146. The van der Waals surface area contributed by atoms with Gasteiger partial charge in [-0.25, -0.2) is 13.2 Å². The minimum absolute atomic E-state index is 0.0746. The second kappa shape index (κ2) is 3.96. The average molecular weight is 201 g/mol. The number of aromatic nitrogens is 1. The Kier molecular flexibility index (Phi) is 2.92. The van der Waals surface area contributed by atoms with Gasteiger partial charge in [0.15, 0.2) is 5.82 Å². The molecule has 0 aliphatic heterocycles. The Labute approximate surface area is 78.0 Å². The molecule has 0 atom stereocenters. The van der Waals surface area contributed by atoms with Gasteiger partial charge >= 0.3 is 0 Å². The minimum atomic E-state index is -2.92. The lowest BCUT2D eigenvalue weighted by Gasteiger charge is -2.06. The summed E-state index contributed by atoms with van der Waals surface area (Å²) in [6.07, 6.45) is -2.26. The summed E-state index contributed by atoms with van der Waals surface area (Å²) in [4.78, 5) is 3.29. The second-order valence-electron chi connectivity index (χ2n) is 2.53. The summed E-state index contributed by atoms with van der Waals surface area (Å²) < 4.78 is 37.5. The van der Waals surface area contributed by atoms with Gasteiger partial charge < -0.3 is 5.73 Å². The van der Waals surface area contributed by atoms with E-state index in [9.17, 15) is 13.2 Å². The molecule has 14 heavy (non-hydrogen) atoms. The van der Waals surface area contributed by atoms with Crippen molar-refractivity contribution in [2.75, 3.05) is 5.73 Å². The van der Waals surface area contributed by atoms with Gasteiger partial charge in [0.05, 0.1) is 18.2 Å². The fraction of sp³-hybridized carbons (Fsp3) is 0.250. The van der Waals surface area contributed by atoms with Gasteiger partial charge in [0.2, 0.25) is 0 Å². The van der Waals surface area contributed by atoms with Crippen LogP contribution < -0.4 is 5.73 Å². The molecule has 74 valence electrons. The monoisotopic (exact) mass is 201 g/mol. The molecule has 0 fully saturated rings. The molecule has 0 saturated carbocycles. The molecule has 1 aromatic rings. The molecule has 0 aromatic carbocycles. The van der Waals surface area contributed by atoms with Crippen LogP contribution in [0.2, 0.25) is 0 Å². The van der Waals surface area contributed by atoms with Crippen LogP contribution in [-0.2, 0) is 6.42 Å². The number of nitrogen functional groups attached to an aromatic ring is 1. The molecule has 0 spiro atoms. The molecule has 3 nitrogen and oxygen atoms in total. The summed E-state index contributed by atoms with van der Waals surface area (Å²) >= 11 is 0. The first-order valence-electron chi connectivity index (χ1n) is 3.65. The Morgan fingerprint density at radius 3 is 2.71 bits per heavy atom. The molecule has 0 unspecified atom stereocenters. The number of hydrogen-bond donors (Lipinski definition) is 1. The SMILES string of the molecule is N#CCc1cnc(C(F)F)c(N)c1F. The highest BCUT2D eigenvalue weighted by Gasteiger charge is 2.18. The van der Waals surface area contributed by atoms with Crippen molar-refractivity contribution in [2.24, 2.45) is 0 Å². The molecule has 1 aromatic heterocycles. The van der Waals surface area contributed by atoms with Crippen LogP contribution in [0.25, 0.3) is 0 Å². The van der Waals surface area contributed by atoms with E-state index >= 15 is 0 Å². The molecule has 0 bridgehead atoms. The largest absolute Gasteiger partial charge is 0.395 e. The van der Waals surface area contributed by atoms with Crippen molar-refractivity contribution in [3.63, 3.8) is 0 Å². The van der Waals surface area contributed by atoms with E-state index in [0.29, 0.717) is 0 Å². The molecule has 0 saturated heterocycles. The smallest absolute Gasteiger partial charge is 0.282 e. The van der Waals surface area contributed by atoms with Crippen molar-refractivity contribution >= 4 is 5.69 Å². The maximum Gasteiger partial charge on any atom is 0.282 e. The number of halogens is 3. The van der Waals surface area contributed by atoms with Gasteiger partial charge in [0, 0.05) is 11.8 Å². The number of alkyl halides is 2. The average Bonchev–Trinajstić information content (AvgIpc) is 2.13. The Hall–Kier alpha value is -1.77. The van der Waals surface area contributed by atoms with Crippen LogP contribution in [0.3, 0.4) is 0 Å². The Bertz CT molecular complexity index is 384. The van der Waals surface area contributed by atoms with E-state index in [1.807, 2.05) is 0 Å². The quantitative estimate of drug-likeness (QED) is 0.793. The maximum absolute atomic E-state index is 13.2. The van der Waals surface area contributed by atoms with Gasteiger partial charge in [-0.1, -0.05) is 0 Å². The number of nitriles is 1. The van der Waals surface area contributed by atoms with E-state index in [1.54, 1.807) is 6.07 Å². The zero-order valence-electron chi connectivity index (χ0n) is 6.97. The molecule has 0 radical (unpaired) electrons. The van der Waals surface area contributed by atoms with E-state index in [4.69, 9.17) is 11.0 Å². The Morgan fingerprint density at radius 2 is 2.21 bits per heavy atom. The molecule has 0 aliphatic carbocycles. The first-order chi connectivity index (χ1) is 6.57. The lowest BCUT2D eigenvalue weighted by atomic mass is 10.1. The fourth-order valence-corrected chi connectivity index (χ4v) is 0.941. The third kappa shape index (κ3) is 1.76. The van der Waals surface area contributed by atoms with Crippen molar-refractivity contribution in [3.8, 4) is 6.07 Å². The predicted molar refractivity (Wildman–Crippen MR) is 42.9 cm³/mol. The summed E-state index contributed by atoms with van der Waals surface area (Å²) in [7, 11) is 0. The standard InChI is InChI=1S/C8H6F3N3/c9-5-4(1-2-12)3-14-7(6(5)13)8(10)11/h3,8H,1,13H2. The van der Waals surface area contributed by atoms with Gasteiger partial charge in [-0.2, -0.15) is 5.26 Å². The molecular formula is C8H6F3N3. The Morgan fingerprint density at radius 1 is 1.57 bits per heavy atom. The summed E-state index contributed by atoms with van der Waals surface area (Å²) in [5.41, 5.74) is 3.54. The van der Waals surface area contributed by atoms with Crippen LogP contribution in [0.5, 0.6) is 0 Å². The molecule has 1 rings (SSSR count). The number of nitrogens with two attached hydrogens (primary N) is 1. The Balaban J connectivity index is 3.20. The van der Waals surface area contributed by atoms with Crippen LogP contribution >= 0.6 is 0 Å². The number of anilines is 1. The second-order valence-corrected chi connectivity index (χ2v) is 2.53. The summed E-state index contributed by atoms with van der Waals surface area (Å²) in [6.45, 7) is 0. The lowest BCUT2D eigenvalue weighted by Crippen LogP contribution is -2.05. The molecule has 2 N–H and O–H groups in total. The van der Waals surface area contributed by atoms with Gasteiger partial charge in [0.25, 0.3) is 6.43 Å².